The predicted molar refractivity (Wildman–Crippen MR) is 55.6 cm³/mol. The van der Waals surface area contributed by atoms with Crippen molar-refractivity contribution in [2.45, 2.75) is 32.7 Å². The van der Waals surface area contributed by atoms with E-state index in [-0.39, 0.29) is 11.9 Å². The van der Waals surface area contributed by atoms with Crippen molar-refractivity contribution in [3.05, 3.63) is 12.7 Å². The van der Waals surface area contributed by atoms with Crippen molar-refractivity contribution >= 4 is 5.91 Å². The van der Waals surface area contributed by atoms with E-state index in [1.165, 1.54) is 0 Å². The maximum Gasteiger partial charge on any atom is 0.237 e. The van der Waals surface area contributed by atoms with Crippen LogP contribution in [-0.4, -0.2) is 25.0 Å². The molecule has 0 fully saturated rings. The number of carbonyl (C=O) groups is 1. The van der Waals surface area contributed by atoms with Crippen molar-refractivity contribution in [1.29, 1.82) is 0 Å². The summed E-state index contributed by atoms with van der Waals surface area (Å²) < 4.78 is 0. The Hall–Kier alpha value is -0.830. The van der Waals surface area contributed by atoms with Gasteiger partial charge in [0.15, 0.2) is 0 Å². The molecular weight excluding hydrogens is 164 g/mol. The van der Waals surface area contributed by atoms with Gasteiger partial charge >= 0.3 is 0 Å². The molecule has 1 unspecified atom stereocenters. The van der Waals surface area contributed by atoms with E-state index in [4.69, 9.17) is 0 Å². The van der Waals surface area contributed by atoms with Gasteiger partial charge in [-0.25, -0.2) is 0 Å². The van der Waals surface area contributed by atoms with Crippen LogP contribution in [0.5, 0.6) is 0 Å². The van der Waals surface area contributed by atoms with Crippen LogP contribution in [0.3, 0.4) is 0 Å². The van der Waals surface area contributed by atoms with Crippen LogP contribution in [0.15, 0.2) is 12.7 Å². The fourth-order valence-corrected chi connectivity index (χ4v) is 0.914. The van der Waals surface area contributed by atoms with Gasteiger partial charge in [0.25, 0.3) is 0 Å². The van der Waals surface area contributed by atoms with Gasteiger partial charge < -0.3 is 10.6 Å². The predicted octanol–water partition coefficient (Wildman–Crippen LogP) is 1.07. The molecule has 0 aromatic carbocycles. The Bertz CT molecular complexity index is 157. The van der Waals surface area contributed by atoms with Gasteiger partial charge in [-0.1, -0.05) is 19.4 Å². The van der Waals surface area contributed by atoms with Gasteiger partial charge in [-0.3, -0.25) is 4.79 Å². The highest BCUT2D eigenvalue weighted by Gasteiger charge is 2.09. The van der Waals surface area contributed by atoms with E-state index < -0.39 is 0 Å². The average Bonchev–Trinajstić information content (AvgIpc) is 2.14. The molecule has 3 nitrogen and oxygen atoms in total. The first kappa shape index (κ1) is 12.2. The molecule has 0 heterocycles. The first-order chi connectivity index (χ1) is 6.22. The molecule has 0 aromatic rings. The molecule has 1 amide bonds. The maximum atomic E-state index is 11.3. The van der Waals surface area contributed by atoms with Gasteiger partial charge in [0.1, 0.15) is 0 Å². The molecule has 0 aromatic heterocycles. The Kier molecular flexibility index (Phi) is 7.30. The number of rotatable bonds is 7. The summed E-state index contributed by atoms with van der Waals surface area (Å²) in [7, 11) is 0. The highest BCUT2D eigenvalue weighted by molar-refractivity contribution is 5.81. The van der Waals surface area contributed by atoms with E-state index in [0.717, 1.165) is 19.4 Å². The Morgan fingerprint density at radius 1 is 1.62 bits per heavy atom. The van der Waals surface area contributed by atoms with E-state index in [9.17, 15) is 4.79 Å². The molecule has 0 bridgehead atoms. The Labute approximate surface area is 80.6 Å². The van der Waals surface area contributed by atoms with Crippen molar-refractivity contribution in [3.8, 4) is 0 Å². The second kappa shape index (κ2) is 7.80. The minimum Gasteiger partial charge on any atom is -0.351 e. The van der Waals surface area contributed by atoms with Crippen LogP contribution in [-0.2, 0) is 4.79 Å². The summed E-state index contributed by atoms with van der Waals surface area (Å²) in [6.07, 6.45) is 3.93. The lowest BCUT2D eigenvalue weighted by atomic mass is 10.3. The van der Waals surface area contributed by atoms with Gasteiger partial charge in [-0.2, -0.15) is 0 Å². The highest BCUT2D eigenvalue weighted by Crippen LogP contribution is 1.86. The lowest BCUT2D eigenvalue weighted by Crippen LogP contribution is -2.42. The molecule has 76 valence electrons. The summed E-state index contributed by atoms with van der Waals surface area (Å²) in [5.74, 6) is 0.0380. The van der Waals surface area contributed by atoms with Crippen molar-refractivity contribution < 1.29 is 4.79 Å². The van der Waals surface area contributed by atoms with Gasteiger partial charge in [0.2, 0.25) is 5.91 Å². The van der Waals surface area contributed by atoms with Gasteiger partial charge in [0.05, 0.1) is 6.04 Å². The lowest BCUT2D eigenvalue weighted by molar-refractivity contribution is -0.122. The van der Waals surface area contributed by atoms with Gasteiger partial charge in [-0.05, 0) is 19.9 Å². The smallest absolute Gasteiger partial charge is 0.237 e. The number of hydrogen-bond acceptors (Lipinski definition) is 2. The van der Waals surface area contributed by atoms with Crippen molar-refractivity contribution in [2.24, 2.45) is 0 Å². The molecule has 1 atom stereocenters. The topological polar surface area (TPSA) is 41.1 Å². The largest absolute Gasteiger partial charge is 0.351 e. The molecular formula is C10H20N2O. The van der Waals surface area contributed by atoms with Gasteiger partial charge in [0, 0.05) is 6.54 Å². The Balaban J connectivity index is 3.50. The third kappa shape index (κ3) is 6.34. The number of unbranched alkanes of at least 4 members (excludes halogenated alkanes) is 1. The molecule has 3 heteroatoms. The van der Waals surface area contributed by atoms with E-state index in [1.807, 2.05) is 6.92 Å². The summed E-state index contributed by atoms with van der Waals surface area (Å²) in [5.41, 5.74) is 0. The second-order valence-corrected chi connectivity index (χ2v) is 3.06. The highest BCUT2D eigenvalue weighted by atomic mass is 16.2. The molecule has 0 radical (unpaired) electrons. The monoisotopic (exact) mass is 184 g/mol. The fourth-order valence-electron chi connectivity index (χ4n) is 0.914. The molecule has 0 aliphatic heterocycles. The van der Waals surface area contributed by atoms with Crippen LogP contribution in [0.2, 0.25) is 0 Å². The Morgan fingerprint density at radius 2 is 2.31 bits per heavy atom. The quantitative estimate of drug-likeness (QED) is 0.459. The molecule has 13 heavy (non-hydrogen) atoms. The lowest BCUT2D eigenvalue weighted by Gasteiger charge is -2.12. The minimum absolute atomic E-state index is 0.0380. The number of hydrogen-bond donors (Lipinski definition) is 2. The molecule has 0 rings (SSSR count). The van der Waals surface area contributed by atoms with E-state index >= 15 is 0 Å². The standard InChI is InChI=1S/C10H20N2O/c1-4-6-8-11-9(3)10(13)12-7-5-2/h5,9,11H,2,4,6-8H2,1,3H3,(H,12,13). The van der Waals surface area contributed by atoms with E-state index in [0.29, 0.717) is 6.54 Å². The minimum atomic E-state index is -0.105. The third-order valence-corrected chi connectivity index (χ3v) is 1.79. The third-order valence-electron chi connectivity index (χ3n) is 1.79. The van der Waals surface area contributed by atoms with Crippen molar-refractivity contribution in [3.63, 3.8) is 0 Å². The van der Waals surface area contributed by atoms with Crippen LogP contribution in [0.4, 0.5) is 0 Å². The summed E-state index contributed by atoms with van der Waals surface area (Å²) in [5, 5.41) is 5.89. The number of nitrogens with one attached hydrogen (secondary N) is 2. The van der Waals surface area contributed by atoms with E-state index in [2.05, 4.69) is 24.1 Å². The van der Waals surface area contributed by atoms with Crippen LogP contribution in [0, 0.1) is 0 Å². The average molecular weight is 184 g/mol. The Morgan fingerprint density at radius 3 is 2.85 bits per heavy atom. The fraction of sp³-hybridized carbons (Fsp3) is 0.700. The second-order valence-electron chi connectivity index (χ2n) is 3.06. The van der Waals surface area contributed by atoms with Crippen LogP contribution in [0.1, 0.15) is 26.7 Å². The number of carbonyl (C=O) groups excluding carboxylic acids is 1. The first-order valence-electron chi connectivity index (χ1n) is 4.84. The van der Waals surface area contributed by atoms with Crippen molar-refractivity contribution in [2.75, 3.05) is 13.1 Å². The summed E-state index contributed by atoms with van der Waals surface area (Å²) in [6, 6.07) is -0.105. The molecule has 0 spiro atoms. The molecule has 2 N–H and O–H groups in total. The number of amides is 1. The van der Waals surface area contributed by atoms with Crippen LogP contribution in [0.25, 0.3) is 0 Å². The first-order valence-corrected chi connectivity index (χ1v) is 4.84. The molecule has 0 aliphatic carbocycles. The zero-order valence-corrected chi connectivity index (χ0v) is 8.60. The molecule has 0 saturated carbocycles. The van der Waals surface area contributed by atoms with Crippen molar-refractivity contribution in [1.82, 2.24) is 10.6 Å². The zero-order valence-electron chi connectivity index (χ0n) is 8.60. The summed E-state index contributed by atoms with van der Waals surface area (Å²) in [4.78, 5) is 11.3. The van der Waals surface area contributed by atoms with E-state index in [1.54, 1.807) is 6.08 Å². The SMILES string of the molecule is C=CCNC(=O)C(C)NCCCC. The molecule has 0 saturated heterocycles. The van der Waals surface area contributed by atoms with Crippen LogP contribution >= 0.6 is 0 Å². The summed E-state index contributed by atoms with van der Waals surface area (Å²) >= 11 is 0. The van der Waals surface area contributed by atoms with Crippen LogP contribution < -0.4 is 10.6 Å². The summed E-state index contributed by atoms with van der Waals surface area (Å²) in [6.45, 7) is 8.97. The van der Waals surface area contributed by atoms with Gasteiger partial charge in [-0.15, -0.1) is 6.58 Å². The normalized spacial score (nSPS) is 12.2. The molecule has 0 aliphatic rings. The maximum absolute atomic E-state index is 11.3. The zero-order chi connectivity index (χ0) is 10.1.